The molecule has 2 fully saturated rings. The smallest absolute Gasteiger partial charge is 0.249 e. The number of aromatic nitrogens is 10. The van der Waals surface area contributed by atoms with E-state index in [0.29, 0.717) is 24.0 Å². The molecule has 0 spiro atoms. The zero-order valence-corrected chi connectivity index (χ0v) is 49.4. The second-order valence-corrected chi connectivity index (χ2v) is 36.2. The third-order valence-corrected chi connectivity index (χ3v) is 34.8. The van der Waals surface area contributed by atoms with Gasteiger partial charge in [-0.3, -0.25) is 18.7 Å². The molecule has 386 valence electrons. The fourth-order valence-electron chi connectivity index (χ4n) is 11.0. The van der Waals surface area contributed by atoms with Crippen LogP contribution >= 0.6 is 38.6 Å². The van der Waals surface area contributed by atoms with E-state index in [1.807, 2.05) is 54.0 Å². The summed E-state index contributed by atoms with van der Waals surface area (Å²) in [5.74, 6) is 3.08. The Balaban J connectivity index is 0.000000149. The molecule has 8 heterocycles. The van der Waals surface area contributed by atoms with Crippen molar-refractivity contribution < 1.29 is 9.59 Å². The van der Waals surface area contributed by atoms with Gasteiger partial charge in [0.15, 0.2) is 11.6 Å². The first-order valence-corrected chi connectivity index (χ1v) is 36.5. The maximum atomic E-state index is 13.0. The molecular formula is C52H73BrN14O2S2Sn. The number of nitrogens with zero attached hydrogens (tertiary/aromatic N) is 14. The normalized spacial score (nSPS) is 18.3. The predicted molar refractivity (Wildman–Crippen MR) is 298 cm³/mol. The maximum Gasteiger partial charge on any atom is 0.249 e. The van der Waals surface area contributed by atoms with E-state index in [1.165, 1.54) is 64.2 Å². The van der Waals surface area contributed by atoms with Crippen molar-refractivity contribution >= 4 is 94.8 Å². The molecule has 0 bridgehead atoms. The number of carbonyl (C=O) groups excluding carboxylic acids is 2. The Bertz CT molecular complexity index is 2650. The molecular weight excluding hydrogens is 1120 g/mol. The molecule has 0 aromatic carbocycles. The molecule has 16 nitrogen and oxygen atoms in total. The number of carbonyl (C=O) groups is 2. The van der Waals surface area contributed by atoms with Gasteiger partial charge in [0, 0.05) is 50.1 Å². The number of halogens is 1. The molecule has 6 aromatic heterocycles. The van der Waals surface area contributed by atoms with Crippen LogP contribution in [0.3, 0.4) is 0 Å². The van der Waals surface area contributed by atoms with Gasteiger partial charge in [-0.2, -0.15) is 9.97 Å². The minimum absolute atomic E-state index is 0.122. The number of thiazole rings is 2. The molecule has 6 aromatic rings. The van der Waals surface area contributed by atoms with Gasteiger partial charge in [-0.1, -0.05) is 39.5 Å². The molecule has 2 aliphatic carbocycles. The third kappa shape index (κ3) is 11.8. The number of anilines is 4. The fraction of sp³-hybridized carbons (Fsp3) is 0.577. The van der Waals surface area contributed by atoms with Crippen molar-refractivity contribution in [1.82, 2.24) is 49.0 Å². The van der Waals surface area contributed by atoms with Crippen molar-refractivity contribution in [2.45, 2.75) is 175 Å². The van der Waals surface area contributed by atoms with Crippen LogP contribution in [0.2, 0.25) is 13.3 Å². The number of hydrogen-bond acceptors (Lipinski definition) is 14. The number of amides is 2. The van der Waals surface area contributed by atoms with Crippen molar-refractivity contribution in [3.63, 3.8) is 0 Å². The van der Waals surface area contributed by atoms with Gasteiger partial charge in [-0.15, -0.1) is 11.3 Å². The topological polar surface area (TPSA) is 160 Å². The van der Waals surface area contributed by atoms with Gasteiger partial charge in [-0.05, 0) is 54.5 Å². The number of imidazole rings is 2. The van der Waals surface area contributed by atoms with Gasteiger partial charge in [-0.25, -0.2) is 24.9 Å². The van der Waals surface area contributed by atoms with Crippen molar-refractivity contribution in [1.29, 1.82) is 0 Å². The summed E-state index contributed by atoms with van der Waals surface area (Å²) in [6, 6.07) is 0.399. The number of unbranched alkanes of at least 4 members (excludes halogenated alkanes) is 3. The number of likely N-dealkylation sites (N-methyl/N-ethyl adjacent to an activating group) is 2. The average molecular weight is 1190 g/mol. The number of fused-ring (bicyclic) bond motifs is 2. The second kappa shape index (κ2) is 25.3. The molecule has 4 aliphatic rings. The van der Waals surface area contributed by atoms with E-state index in [2.05, 4.69) is 90.6 Å². The Kier molecular flexibility index (Phi) is 18.9. The molecule has 2 amide bonds. The van der Waals surface area contributed by atoms with E-state index < -0.39 is 18.4 Å². The van der Waals surface area contributed by atoms with E-state index in [-0.39, 0.29) is 23.9 Å². The minimum Gasteiger partial charge on any atom is -0.340 e. The zero-order chi connectivity index (χ0) is 50.8. The van der Waals surface area contributed by atoms with Gasteiger partial charge in [0.2, 0.25) is 23.7 Å². The largest absolute Gasteiger partial charge is 0.340 e. The van der Waals surface area contributed by atoms with Gasteiger partial charge in [0.25, 0.3) is 0 Å². The molecule has 2 atom stereocenters. The van der Waals surface area contributed by atoms with Crippen LogP contribution in [-0.2, 0) is 9.59 Å². The second-order valence-electron chi connectivity index (χ2n) is 19.6. The minimum atomic E-state index is -2.12. The summed E-state index contributed by atoms with van der Waals surface area (Å²) in [4.78, 5) is 70.2. The van der Waals surface area contributed by atoms with Crippen LogP contribution in [0.25, 0.3) is 22.6 Å². The van der Waals surface area contributed by atoms with Crippen molar-refractivity contribution in [2.75, 3.05) is 33.7 Å². The first-order chi connectivity index (χ1) is 35.1. The molecule has 20 heteroatoms. The predicted octanol–water partition coefficient (Wildman–Crippen LogP) is 11.4. The van der Waals surface area contributed by atoms with Crippen LogP contribution in [0.15, 0.2) is 65.2 Å². The quantitative estimate of drug-likeness (QED) is 0.0797. The Morgan fingerprint density at radius 1 is 0.611 bits per heavy atom. The summed E-state index contributed by atoms with van der Waals surface area (Å²) >= 11 is 4.74. The molecule has 0 saturated heterocycles. The first kappa shape index (κ1) is 53.9. The van der Waals surface area contributed by atoms with Crippen LogP contribution in [0.4, 0.5) is 23.0 Å². The summed E-state index contributed by atoms with van der Waals surface area (Å²) < 4.78 is 10.6. The Morgan fingerprint density at radius 3 is 1.50 bits per heavy atom. The van der Waals surface area contributed by atoms with E-state index in [0.717, 1.165) is 76.8 Å². The van der Waals surface area contributed by atoms with Gasteiger partial charge in [0.1, 0.15) is 51.4 Å². The van der Waals surface area contributed by atoms with Crippen molar-refractivity contribution in [2.24, 2.45) is 0 Å². The molecule has 0 unspecified atom stereocenters. The first-order valence-electron chi connectivity index (χ1n) is 26.5. The van der Waals surface area contributed by atoms with E-state index in [1.54, 1.807) is 73.3 Å². The van der Waals surface area contributed by atoms with Crippen LogP contribution in [0.5, 0.6) is 0 Å². The average Bonchev–Trinajstić information content (AvgIpc) is 4.27. The number of rotatable bonds is 17. The van der Waals surface area contributed by atoms with E-state index >= 15 is 0 Å². The maximum absolute atomic E-state index is 13.0. The van der Waals surface area contributed by atoms with Crippen LogP contribution < -0.4 is 22.6 Å². The van der Waals surface area contributed by atoms with Crippen molar-refractivity contribution in [3.05, 3.63) is 65.2 Å². The summed E-state index contributed by atoms with van der Waals surface area (Å²) in [6.07, 6.45) is 33.6. The van der Waals surface area contributed by atoms with E-state index in [9.17, 15) is 9.59 Å². The summed E-state index contributed by atoms with van der Waals surface area (Å²) in [5, 5.41) is 5.00. The monoisotopic (exact) mass is 1190 g/mol. The van der Waals surface area contributed by atoms with Crippen LogP contribution in [0.1, 0.15) is 137 Å². The Labute approximate surface area is 446 Å². The molecule has 0 N–H and O–H groups in total. The number of hydrogen-bond donors (Lipinski definition) is 0. The summed E-state index contributed by atoms with van der Waals surface area (Å²) in [5.41, 5.74) is 2.35. The fourth-order valence-corrected chi connectivity index (χ4v) is 31.1. The van der Waals surface area contributed by atoms with Crippen LogP contribution in [-0.4, -0.2) is 117 Å². The van der Waals surface area contributed by atoms with Gasteiger partial charge < -0.3 is 19.6 Å². The van der Waals surface area contributed by atoms with Gasteiger partial charge in [0.05, 0.1) is 12.4 Å². The third-order valence-electron chi connectivity index (χ3n) is 15.0. The molecule has 10 rings (SSSR count). The van der Waals surface area contributed by atoms with Crippen LogP contribution in [0, 0.1) is 0 Å². The summed E-state index contributed by atoms with van der Waals surface area (Å²) in [7, 11) is 3.63. The standard InChI is InChI=1S/C20H23N7OS.C17H21BrN6O.3C4H9.C3H2NS.Sn/c1-3-15-19(28)25(2)16-10-22-20(24-17(16)27(15)13-6-4-5-7-13)26-11-14(23-12-26)18-21-8-9-29-18;1-3-12-16(25)22(2)13-8-19-17(23-9-14(18)20-10-23)21-15(13)24(12)11-6-4-5-7-11;3*1-3-4-2;1-2-5-3-4-1;/h8-13,15H,3-7H2,1-2H3;8-12H,3-7H2,1-2H3;3*1,3-4H2,2H3;1-2H;/t15-;12-;;;;;/m11...../s1. The molecule has 0 radical (unpaired) electrons. The molecule has 2 aliphatic heterocycles. The Hall–Kier alpha value is -4.34. The SMILES string of the molecule is CCC[CH2][Sn]([CH2]CCC)([CH2]CCC)[c]1nccs1.CC[C@@H]1C(=O)N(C)c2cnc(-n3cnc(-c4nccs4)c3)nc2N1C1CCCC1.CC[C@@H]1C(=O)N(C)c2cnc(-n3cnc(Br)c3)nc2N1C1CCCC1. The summed E-state index contributed by atoms with van der Waals surface area (Å²) in [6.45, 7) is 11.1. The Morgan fingerprint density at radius 2 is 1.08 bits per heavy atom. The van der Waals surface area contributed by atoms with Gasteiger partial charge >= 0.3 is 122 Å². The van der Waals surface area contributed by atoms with E-state index in [4.69, 9.17) is 15.0 Å². The molecule has 2 saturated carbocycles. The zero-order valence-electron chi connectivity index (χ0n) is 43.3. The van der Waals surface area contributed by atoms with Crippen molar-refractivity contribution in [3.8, 4) is 22.6 Å². The molecule has 72 heavy (non-hydrogen) atoms.